The highest BCUT2D eigenvalue weighted by atomic mass is 16.3. The van der Waals surface area contributed by atoms with Crippen molar-refractivity contribution in [1.29, 1.82) is 0 Å². The van der Waals surface area contributed by atoms with Crippen LogP contribution in [0, 0.1) is 0 Å². The average Bonchev–Trinajstić information content (AvgIpc) is 3.55. The second-order valence-corrected chi connectivity index (χ2v) is 12.3. The molecular weight excluding hydrogens is 599 g/mol. The smallest absolute Gasteiger partial charge is 0.157 e. The molecule has 1 heterocycles. The van der Waals surface area contributed by atoms with Crippen molar-refractivity contribution in [3.05, 3.63) is 180 Å². The zero-order chi connectivity index (χ0) is 32.7. The highest BCUT2D eigenvalue weighted by molar-refractivity contribution is 6.25. The molecule has 0 saturated carbocycles. The van der Waals surface area contributed by atoms with Gasteiger partial charge in [-0.05, 0) is 73.3 Å². The molecule has 0 unspecified atom stereocenters. The largest absolute Gasteiger partial charge is 0.456 e. The fourth-order valence-electron chi connectivity index (χ4n) is 7.02. The Kier molecular flexibility index (Phi) is 6.98. The number of fused-ring (bicyclic) bond motifs is 9. The number of hydrogen-bond donors (Lipinski definition) is 1. The molecule has 4 nitrogen and oxygen atoms in total. The van der Waals surface area contributed by atoms with E-state index in [-0.39, 0.29) is 0 Å². The molecule has 9 aromatic rings. The maximum Gasteiger partial charge on any atom is 0.157 e. The highest BCUT2D eigenvalue weighted by Crippen LogP contribution is 2.39. The molecule has 0 bridgehead atoms. The maximum atomic E-state index is 6.49. The molecule has 0 fully saturated rings. The van der Waals surface area contributed by atoms with Gasteiger partial charge in [0, 0.05) is 21.9 Å². The summed E-state index contributed by atoms with van der Waals surface area (Å²) in [4.78, 5) is 9.80. The summed E-state index contributed by atoms with van der Waals surface area (Å²) < 4.78 is 6.49. The van der Waals surface area contributed by atoms with Crippen molar-refractivity contribution in [3.8, 4) is 11.1 Å². The lowest BCUT2D eigenvalue weighted by atomic mass is 9.92. The first kappa shape index (κ1) is 28.7. The molecule has 1 aromatic heterocycles. The molecule has 8 aromatic carbocycles. The number of amidine groups is 2. The van der Waals surface area contributed by atoms with Crippen molar-refractivity contribution >= 4 is 65.9 Å². The lowest BCUT2D eigenvalue weighted by Gasteiger charge is -2.12. The number of nitrogens with two attached hydrogens (primary N) is 1. The number of hydrogen-bond acceptors (Lipinski definition) is 2. The molecule has 0 radical (unpaired) electrons. The number of benzene rings is 8. The van der Waals surface area contributed by atoms with Crippen LogP contribution < -0.4 is 5.73 Å². The highest BCUT2D eigenvalue weighted by Gasteiger charge is 2.14. The molecule has 0 aliphatic heterocycles. The summed E-state index contributed by atoms with van der Waals surface area (Å²) in [5, 5.41) is 9.73. The van der Waals surface area contributed by atoms with Crippen LogP contribution in [0.2, 0.25) is 0 Å². The predicted molar refractivity (Wildman–Crippen MR) is 206 cm³/mol. The van der Waals surface area contributed by atoms with Gasteiger partial charge in [-0.2, -0.15) is 0 Å². The molecule has 0 aliphatic carbocycles. The van der Waals surface area contributed by atoms with Crippen LogP contribution in [0.4, 0.5) is 0 Å². The summed E-state index contributed by atoms with van der Waals surface area (Å²) in [7, 11) is 0. The number of furan rings is 1. The maximum absolute atomic E-state index is 6.49. The third-order valence-corrected chi connectivity index (χ3v) is 9.39. The Balaban J connectivity index is 1.13. The summed E-state index contributed by atoms with van der Waals surface area (Å²) >= 11 is 0. The zero-order valence-electron chi connectivity index (χ0n) is 26.7. The molecule has 4 heteroatoms. The molecule has 0 spiro atoms. The van der Waals surface area contributed by atoms with Gasteiger partial charge >= 0.3 is 0 Å². The molecule has 0 aliphatic rings. The summed E-state index contributed by atoms with van der Waals surface area (Å²) in [6.07, 6.45) is 0. The minimum absolute atomic E-state index is 0.426. The predicted octanol–water partition coefficient (Wildman–Crippen LogP) is 11.1. The van der Waals surface area contributed by atoms with Crippen LogP contribution in [0.3, 0.4) is 0 Å². The zero-order valence-corrected chi connectivity index (χ0v) is 26.7. The van der Waals surface area contributed by atoms with Crippen LogP contribution in [-0.2, 0) is 6.54 Å². The second kappa shape index (κ2) is 11.9. The quantitative estimate of drug-likeness (QED) is 0.117. The summed E-state index contributed by atoms with van der Waals surface area (Å²) in [5.41, 5.74) is 13.2. The first-order valence-electron chi connectivity index (χ1n) is 16.5. The Hall–Kier alpha value is -6.52. The normalized spacial score (nSPS) is 12.5. The van der Waals surface area contributed by atoms with E-state index in [4.69, 9.17) is 20.1 Å². The van der Waals surface area contributed by atoms with Gasteiger partial charge in [-0.15, -0.1) is 0 Å². The van der Waals surface area contributed by atoms with Crippen LogP contribution in [0.15, 0.2) is 178 Å². The number of rotatable bonds is 5. The topological polar surface area (TPSA) is 63.9 Å². The first-order chi connectivity index (χ1) is 24.2. The van der Waals surface area contributed by atoms with Crippen LogP contribution in [0.1, 0.15) is 16.7 Å². The van der Waals surface area contributed by atoms with Crippen molar-refractivity contribution in [2.75, 3.05) is 0 Å². The van der Waals surface area contributed by atoms with Crippen molar-refractivity contribution in [3.63, 3.8) is 0 Å². The van der Waals surface area contributed by atoms with Crippen molar-refractivity contribution < 1.29 is 4.42 Å². The molecule has 0 atom stereocenters. The molecule has 2 N–H and O–H groups in total. The van der Waals surface area contributed by atoms with Gasteiger partial charge in [-0.3, -0.25) is 4.99 Å². The van der Waals surface area contributed by atoms with E-state index in [0.717, 1.165) is 49.8 Å². The summed E-state index contributed by atoms with van der Waals surface area (Å²) in [6, 6.07) is 56.6. The average molecular weight is 630 g/mol. The van der Waals surface area contributed by atoms with Crippen molar-refractivity contribution in [2.45, 2.75) is 6.54 Å². The monoisotopic (exact) mass is 629 g/mol. The van der Waals surface area contributed by atoms with E-state index in [9.17, 15) is 0 Å². The fourth-order valence-corrected chi connectivity index (χ4v) is 7.02. The van der Waals surface area contributed by atoms with Crippen LogP contribution >= 0.6 is 0 Å². The molecule has 232 valence electrons. The number of nitrogens with zero attached hydrogens (tertiary/aromatic N) is 2. The van der Waals surface area contributed by atoms with Crippen molar-refractivity contribution in [1.82, 2.24) is 0 Å². The van der Waals surface area contributed by atoms with Gasteiger partial charge in [0.05, 0.1) is 6.54 Å². The van der Waals surface area contributed by atoms with Crippen LogP contribution in [-0.4, -0.2) is 11.7 Å². The van der Waals surface area contributed by atoms with E-state index in [0.29, 0.717) is 18.2 Å². The van der Waals surface area contributed by atoms with Gasteiger partial charge in [0.25, 0.3) is 0 Å². The van der Waals surface area contributed by atoms with Gasteiger partial charge in [-0.1, -0.05) is 140 Å². The third-order valence-electron chi connectivity index (χ3n) is 9.39. The Morgan fingerprint density at radius 2 is 1.02 bits per heavy atom. The molecule has 0 amide bonds. The lowest BCUT2D eigenvalue weighted by Crippen LogP contribution is -2.16. The third kappa shape index (κ3) is 5.11. The number of aliphatic imine (C=N–C) groups is 2. The minimum atomic E-state index is 0.426. The summed E-state index contributed by atoms with van der Waals surface area (Å²) in [5.74, 6) is 1.02. The van der Waals surface area contributed by atoms with E-state index in [2.05, 4.69) is 91.0 Å². The van der Waals surface area contributed by atoms with E-state index >= 15 is 0 Å². The van der Waals surface area contributed by atoms with Gasteiger partial charge < -0.3 is 10.2 Å². The van der Waals surface area contributed by atoms with Gasteiger partial charge in [-0.25, -0.2) is 4.99 Å². The van der Waals surface area contributed by atoms with Crippen LogP contribution in [0.25, 0.3) is 65.4 Å². The molecular formula is C45H31N3O. The van der Waals surface area contributed by atoms with Gasteiger partial charge in [0.2, 0.25) is 0 Å². The van der Waals surface area contributed by atoms with E-state index in [1.807, 2.05) is 72.8 Å². The Morgan fingerprint density at radius 1 is 0.469 bits per heavy atom. The standard InChI is InChI=1S/C45H31N3O/c46-44(29-12-3-1-4-13-29)48-45(30-14-5-2-6-15-30)47-28-33-16-11-21-41-43(33)39-25-23-32(27-42(39)49-41)31-22-24-38-36-19-8-7-17-34(36)35-18-9-10-20-37(35)40(38)26-31/h1-27H,28H2,(H2,46,47,48). The second-order valence-electron chi connectivity index (χ2n) is 12.3. The molecule has 9 rings (SSSR count). The SMILES string of the molecule is NC(=NC(=NCc1cccc2oc3cc(-c4ccc5c6ccccc6c6ccccc6c5c4)ccc3c12)c1ccccc1)c1ccccc1. The van der Waals surface area contributed by atoms with E-state index in [1.54, 1.807) is 0 Å². The lowest BCUT2D eigenvalue weighted by molar-refractivity contribution is 0.669. The molecule has 0 saturated heterocycles. The molecule has 49 heavy (non-hydrogen) atoms. The van der Waals surface area contributed by atoms with Crippen molar-refractivity contribution in [2.24, 2.45) is 15.7 Å². The van der Waals surface area contributed by atoms with Gasteiger partial charge in [0.15, 0.2) is 5.84 Å². The van der Waals surface area contributed by atoms with Gasteiger partial charge in [0.1, 0.15) is 17.0 Å². The van der Waals surface area contributed by atoms with E-state index in [1.165, 1.54) is 32.3 Å². The van der Waals surface area contributed by atoms with E-state index < -0.39 is 0 Å². The Labute approximate surface area is 283 Å². The Morgan fingerprint density at radius 3 is 1.69 bits per heavy atom. The summed E-state index contributed by atoms with van der Waals surface area (Å²) in [6.45, 7) is 0.426. The fraction of sp³-hybridized carbons (Fsp3) is 0.0222. The minimum Gasteiger partial charge on any atom is -0.456 e. The van der Waals surface area contributed by atoms with Crippen LogP contribution in [0.5, 0.6) is 0 Å². The Bertz CT molecular complexity index is 2710. The first-order valence-corrected chi connectivity index (χ1v) is 16.5.